The summed E-state index contributed by atoms with van der Waals surface area (Å²) < 4.78 is 39.8. The number of methoxy groups -OCH3 is 2. The van der Waals surface area contributed by atoms with Gasteiger partial charge in [-0.1, -0.05) is 12.1 Å². The number of nitrogens with two attached hydrogens (primary N) is 1. The Bertz CT molecular complexity index is 754. The van der Waals surface area contributed by atoms with E-state index in [0.29, 0.717) is 22.9 Å². The van der Waals surface area contributed by atoms with Gasteiger partial charge >= 0.3 is 0 Å². The SMILES string of the molecule is COc1ccc(OC)c(NC(N)=NCc2cccc(OCC(F)F)c2)c1. The number of aliphatic imine (C=N–C) groups is 1. The first-order chi connectivity index (χ1) is 12.5. The van der Waals surface area contributed by atoms with Gasteiger partial charge in [0, 0.05) is 6.07 Å². The third-order valence-corrected chi connectivity index (χ3v) is 3.38. The molecule has 2 aromatic carbocycles. The van der Waals surface area contributed by atoms with Gasteiger partial charge in [-0.25, -0.2) is 13.8 Å². The number of anilines is 1. The predicted octanol–water partition coefficient (Wildman–Crippen LogP) is 3.27. The molecule has 0 amide bonds. The first-order valence-electron chi connectivity index (χ1n) is 7.80. The normalized spacial score (nSPS) is 11.3. The highest BCUT2D eigenvalue weighted by Gasteiger charge is 2.07. The fraction of sp³-hybridized carbons (Fsp3) is 0.278. The van der Waals surface area contributed by atoms with Gasteiger partial charge < -0.3 is 25.3 Å². The number of nitrogens with zero attached hydrogens (tertiary/aromatic N) is 1. The number of benzene rings is 2. The van der Waals surface area contributed by atoms with Crippen molar-refractivity contribution in [1.29, 1.82) is 0 Å². The molecule has 0 saturated carbocycles. The van der Waals surface area contributed by atoms with Crippen LogP contribution in [0.15, 0.2) is 47.5 Å². The Kier molecular flexibility index (Phi) is 7.02. The van der Waals surface area contributed by atoms with Crippen LogP contribution in [0.4, 0.5) is 14.5 Å². The molecule has 0 saturated heterocycles. The number of halogens is 2. The predicted molar refractivity (Wildman–Crippen MR) is 96.4 cm³/mol. The monoisotopic (exact) mass is 365 g/mol. The number of guanidine groups is 1. The maximum absolute atomic E-state index is 12.2. The summed E-state index contributed by atoms with van der Waals surface area (Å²) in [6.45, 7) is -0.386. The Labute approximate surface area is 150 Å². The third kappa shape index (κ3) is 5.80. The van der Waals surface area contributed by atoms with Crippen LogP contribution < -0.4 is 25.3 Å². The summed E-state index contributed by atoms with van der Waals surface area (Å²) in [5, 5.41) is 2.95. The van der Waals surface area contributed by atoms with Crippen LogP contribution in [0.2, 0.25) is 0 Å². The third-order valence-electron chi connectivity index (χ3n) is 3.38. The second-order valence-electron chi connectivity index (χ2n) is 5.24. The van der Waals surface area contributed by atoms with Crippen molar-refractivity contribution in [2.75, 3.05) is 26.1 Å². The summed E-state index contributed by atoms with van der Waals surface area (Å²) in [4.78, 5) is 4.24. The van der Waals surface area contributed by atoms with Crippen molar-refractivity contribution in [2.45, 2.75) is 13.0 Å². The Morgan fingerprint density at radius 2 is 1.92 bits per heavy atom. The molecule has 0 heterocycles. The lowest BCUT2D eigenvalue weighted by molar-refractivity contribution is 0.0818. The maximum Gasteiger partial charge on any atom is 0.272 e. The summed E-state index contributed by atoms with van der Waals surface area (Å²) >= 11 is 0. The zero-order valence-electron chi connectivity index (χ0n) is 14.5. The lowest BCUT2D eigenvalue weighted by Crippen LogP contribution is -2.23. The van der Waals surface area contributed by atoms with Gasteiger partial charge in [-0.15, -0.1) is 0 Å². The van der Waals surface area contributed by atoms with E-state index in [1.165, 1.54) is 0 Å². The highest BCUT2D eigenvalue weighted by atomic mass is 19.3. The van der Waals surface area contributed by atoms with Crippen molar-refractivity contribution in [3.8, 4) is 17.2 Å². The Balaban J connectivity index is 2.03. The fourth-order valence-electron chi connectivity index (χ4n) is 2.16. The number of alkyl halides is 2. The van der Waals surface area contributed by atoms with E-state index in [1.54, 1.807) is 56.7 Å². The van der Waals surface area contributed by atoms with E-state index < -0.39 is 13.0 Å². The Morgan fingerprint density at radius 3 is 2.62 bits per heavy atom. The molecule has 0 fully saturated rings. The fourth-order valence-corrected chi connectivity index (χ4v) is 2.16. The minimum absolute atomic E-state index is 0.176. The smallest absolute Gasteiger partial charge is 0.272 e. The van der Waals surface area contributed by atoms with E-state index >= 15 is 0 Å². The standard InChI is InChI=1S/C18H21F2N3O3/c1-24-13-6-7-16(25-2)15(9-13)23-18(21)22-10-12-4-3-5-14(8-12)26-11-17(19)20/h3-9,17H,10-11H2,1-2H3,(H3,21,22,23). The molecule has 0 aromatic heterocycles. The maximum atomic E-state index is 12.2. The van der Waals surface area contributed by atoms with Gasteiger partial charge in [0.2, 0.25) is 0 Å². The average molecular weight is 365 g/mol. The van der Waals surface area contributed by atoms with E-state index in [9.17, 15) is 8.78 Å². The van der Waals surface area contributed by atoms with Gasteiger partial charge in [0.15, 0.2) is 5.96 Å². The van der Waals surface area contributed by atoms with Crippen LogP contribution >= 0.6 is 0 Å². The minimum Gasteiger partial charge on any atom is -0.497 e. The molecule has 2 aromatic rings. The molecule has 0 aliphatic heterocycles. The van der Waals surface area contributed by atoms with Crippen molar-refractivity contribution < 1.29 is 23.0 Å². The van der Waals surface area contributed by atoms with Gasteiger partial charge in [0.25, 0.3) is 6.43 Å². The van der Waals surface area contributed by atoms with Crippen LogP contribution in [0.25, 0.3) is 0 Å². The Hall–Kier alpha value is -3.03. The number of nitrogens with one attached hydrogen (secondary N) is 1. The lowest BCUT2D eigenvalue weighted by atomic mass is 10.2. The Morgan fingerprint density at radius 1 is 1.12 bits per heavy atom. The number of hydrogen-bond donors (Lipinski definition) is 2. The second-order valence-corrected chi connectivity index (χ2v) is 5.24. The molecule has 26 heavy (non-hydrogen) atoms. The van der Waals surface area contributed by atoms with E-state index in [2.05, 4.69) is 10.3 Å². The van der Waals surface area contributed by atoms with E-state index in [4.69, 9.17) is 19.9 Å². The molecular formula is C18H21F2N3O3. The highest BCUT2D eigenvalue weighted by molar-refractivity contribution is 5.94. The highest BCUT2D eigenvalue weighted by Crippen LogP contribution is 2.28. The summed E-state index contributed by atoms with van der Waals surface area (Å²) in [5.41, 5.74) is 7.31. The van der Waals surface area contributed by atoms with Crippen LogP contribution in [0.5, 0.6) is 17.2 Å². The van der Waals surface area contributed by atoms with Crippen LogP contribution in [0.1, 0.15) is 5.56 Å². The van der Waals surface area contributed by atoms with Gasteiger partial charge in [-0.3, -0.25) is 0 Å². The van der Waals surface area contributed by atoms with Gasteiger partial charge in [0.05, 0.1) is 26.5 Å². The number of hydrogen-bond acceptors (Lipinski definition) is 4. The molecular weight excluding hydrogens is 344 g/mol. The molecule has 0 atom stereocenters. The molecule has 6 nitrogen and oxygen atoms in total. The van der Waals surface area contributed by atoms with Crippen molar-refractivity contribution in [3.05, 3.63) is 48.0 Å². The molecule has 0 unspecified atom stereocenters. The zero-order valence-corrected chi connectivity index (χ0v) is 14.5. The lowest BCUT2D eigenvalue weighted by Gasteiger charge is -2.12. The number of ether oxygens (including phenoxy) is 3. The van der Waals surface area contributed by atoms with Gasteiger partial charge in [-0.2, -0.15) is 0 Å². The summed E-state index contributed by atoms with van der Waals surface area (Å²) in [6, 6.07) is 12.0. The van der Waals surface area contributed by atoms with Crippen molar-refractivity contribution in [2.24, 2.45) is 10.7 Å². The first kappa shape index (κ1) is 19.3. The van der Waals surface area contributed by atoms with Crippen molar-refractivity contribution in [3.63, 3.8) is 0 Å². The van der Waals surface area contributed by atoms with Crippen molar-refractivity contribution >= 4 is 11.6 Å². The second kappa shape index (κ2) is 9.45. The molecule has 0 aliphatic rings. The van der Waals surface area contributed by atoms with Crippen LogP contribution in [-0.2, 0) is 6.54 Å². The summed E-state index contributed by atoms with van der Waals surface area (Å²) in [5.74, 6) is 1.77. The molecule has 0 bridgehead atoms. The van der Waals surface area contributed by atoms with Crippen LogP contribution in [0, 0.1) is 0 Å². The molecule has 0 radical (unpaired) electrons. The van der Waals surface area contributed by atoms with Gasteiger partial charge in [-0.05, 0) is 29.8 Å². The van der Waals surface area contributed by atoms with E-state index in [-0.39, 0.29) is 12.5 Å². The molecule has 8 heteroatoms. The zero-order chi connectivity index (χ0) is 18.9. The topological polar surface area (TPSA) is 78.1 Å². The van der Waals surface area contributed by atoms with E-state index in [0.717, 1.165) is 5.56 Å². The number of rotatable bonds is 8. The molecule has 2 rings (SSSR count). The summed E-state index contributed by atoms with van der Waals surface area (Å²) in [6.07, 6.45) is -2.52. The van der Waals surface area contributed by atoms with Crippen LogP contribution in [0.3, 0.4) is 0 Å². The average Bonchev–Trinajstić information content (AvgIpc) is 2.65. The van der Waals surface area contributed by atoms with E-state index in [1.807, 2.05) is 0 Å². The molecule has 0 aliphatic carbocycles. The first-order valence-corrected chi connectivity index (χ1v) is 7.80. The molecule has 0 spiro atoms. The molecule has 3 N–H and O–H groups in total. The quantitative estimate of drug-likeness (QED) is 0.554. The largest absolute Gasteiger partial charge is 0.497 e. The molecule has 140 valence electrons. The van der Waals surface area contributed by atoms with Crippen LogP contribution in [-0.4, -0.2) is 33.2 Å². The summed E-state index contributed by atoms with van der Waals surface area (Å²) in [7, 11) is 3.11. The minimum atomic E-state index is -2.52. The van der Waals surface area contributed by atoms with Crippen molar-refractivity contribution in [1.82, 2.24) is 0 Å². The van der Waals surface area contributed by atoms with Gasteiger partial charge in [0.1, 0.15) is 23.9 Å².